The standard InChI is InChI=1S/C24H32N6O4/c1-24(2,16-32)29(3)14-17-11-20(21(12-18(17)15-31)30-7-9-34-10-8-30)28-23(33)19(13-25)22-26-5-4-6-27-22/h4-6,11-13,15,25-26,32H,7-10,14,16H2,1-3H3,(H,28,33)/b22-19-,25-13?. The van der Waals surface area contributed by atoms with Crippen LogP contribution in [0.1, 0.15) is 29.8 Å². The van der Waals surface area contributed by atoms with E-state index in [-0.39, 0.29) is 18.0 Å². The SMILES string of the molecule is CN(Cc1cc(NC(=O)/C(C=N)=C2\N=CC=CN2)c(N2CCOCC2)cc1C=O)C(C)(C)CO. The van der Waals surface area contributed by atoms with Crippen molar-refractivity contribution in [3.8, 4) is 0 Å². The summed E-state index contributed by atoms with van der Waals surface area (Å²) in [5.74, 6) is -0.217. The average molecular weight is 469 g/mol. The monoisotopic (exact) mass is 468 g/mol. The van der Waals surface area contributed by atoms with Crippen LogP contribution < -0.4 is 15.5 Å². The van der Waals surface area contributed by atoms with Crippen LogP contribution in [0.4, 0.5) is 11.4 Å². The Bertz CT molecular complexity index is 1020. The molecule has 0 radical (unpaired) electrons. The summed E-state index contributed by atoms with van der Waals surface area (Å²) in [4.78, 5) is 33.3. The number of nitrogens with zero attached hydrogens (tertiary/aromatic N) is 3. The number of nitrogens with one attached hydrogen (secondary N) is 3. The number of likely N-dealkylation sites (N-methyl/N-ethyl adjacent to an activating group) is 1. The van der Waals surface area contributed by atoms with E-state index in [1.807, 2.05) is 25.8 Å². The molecule has 1 saturated heterocycles. The molecule has 34 heavy (non-hydrogen) atoms. The molecule has 182 valence electrons. The van der Waals surface area contributed by atoms with E-state index in [2.05, 4.69) is 20.5 Å². The summed E-state index contributed by atoms with van der Waals surface area (Å²) < 4.78 is 5.46. The predicted molar refractivity (Wildman–Crippen MR) is 133 cm³/mol. The van der Waals surface area contributed by atoms with Crippen LogP contribution in [0.25, 0.3) is 0 Å². The van der Waals surface area contributed by atoms with Crippen molar-refractivity contribution in [3.05, 3.63) is 46.9 Å². The van der Waals surface area contributed by atoms with Crippen molar-refractivity contribution in [3.63, 3.8) is 0 Å². The van der Waals surface area contributed by atoms with Crippen LogP contribution in [0, 0.1) is 5.41 Å². The molecule has 0 atom stereocenters. The molecule has 2 heterocycles. The number of morpholine rings is 1. The van der Waals surface area contributed by atoms with Gasteiger partial charge < -0.3 is 30.8 Å². The van der Waals surface area contributed by atoms with Crippen LogP contribution in [0.2, 0.25) is 0 Å². The first-order valence-electron chi connectivity index (χ1n) is 11.1. The van der Waals surface area contributed by atoms with E-state index >= 15 is 0 Å². The molecule has 1 fully saturated rings. The normalized spacial score (nSPS) is 17.4. The van der Waals surface area contributed by atoms with Crippen molar-refractivity contribution >= 4 is 36.0 Å². The van der Waals surface area contributed by atoms with Gasteiger partial charge in [0.05, 0.1) is 36.8 Å². The van der Waals surface area contributed by atoms with Crippen LogP contribution in [0.3, 0.4) is 0 Å². The first kappa shape index (κ1) is 25.3. The first-order chi connectivity index (χ1) is 16.3. The Morgan fingerprint density at radius 3 is 2.71 bits per heavy atom. The summed E-state index contributed by atoms with van der Waals surface area (Å²) in [6.07, 6.45) is 6.63. The Labute approximate surface area is 199 Å². The molecule has 2 aliphatic heterocycles. The fraction of sp³-hybridized carbons (Fsp3) is 0.417. The third-order valence-electron chi connectivity index (χ3n) is 6.06. The number of rotatable bonds is 9. The van der Waals surface area contributed by atoms with Gasteiger partial charge in [-0.1, -0.05) is 0 Å². The van der Waals surface area contributed by atoms with Gasteiger partial charge in [-0.2, -0.15) is 0 Å². The van der Waals surface area contributed by atoms with E-state index in [0.29, 0.717) is 55.3 Å². The van der Waals surface area contributed by atoms with Crippen LogP contribution in [0.15, 0.2) is 40.8 Å². The molecule has 0 spiro atoms. The number of aliphatic hydroxyl groups excluding tert-OH is 1. The molecule has 2 aliphatic rings. The Kier molecular flexibility index (Phi) is 8.32. The van der Waals surface area contributed by atoms with Gasteiger partial charge in [-0.3, -0.25) is 14.5 Å². The number of allylic oxidation sites excluding steroid dienone is 1. The molecule has 1 aromatic carbocycles. The van der Waals surface area contributed by atoms with Gasteiger partial charge in [-0.05, 0) is 44.7 Å². The second-order valence-corrected chi connectivity index (χ2v) is 8.75. The third kappa shape index (κ3) is 5.77. The van der Waals surface area contributed by atoms with Gasteiger partial charge in [0.15, 0.2) is 0 Å². The molecule has 1 aromatic rings. The number of aliphatic hydroxyl groups is 1. The lowest BCUT2D eigenvalue weighted by molar-refractivity contribution is -0.112. The van der Waals surface area contributed by atoms with Crippen LogP contribution in [-0.2, 0) is 16.1 Å². The van der Waals surface area contributed by atoms with Crippen LogP contribution in [-0.4, -0.2) is 80.1 Å². The second kappa shape index (κ2) is 11.2. The maximum Gasteiger partial charge on any atom is 0.261 e. The van der Waals surface area contributed by atoms with Crippen molar-refractivity contribution in [1.82, 2.24) is 10.2 Å². The Balaban J connectivity index is 2.02. The number of ether oxygens (including phenoxy) is 1. The van der Waals surface area contributed by atoms with E-state index in [1.54, 1.807) is 24.4 Å². The second-order valence-electron chi connectivity index (χ2n) is 8.75. The topological polar surface area (TPSA) is 130 Å². The third-order valence-corrected chi connectivity index (χ3v) is 6.06. The molecular weight excluding hydrogens is 436 g/mol. The van der Waals surface area contributed by atoms with Gasteiger partial charge in [0, 0.05) is 49.4 Å². The van der Waals surface area contributed by atoms with Gasteiger partial charge >= 0.3 is 0 Å². The molecule has 4 N–H and O–H groups in total. The number of hydrogen-bond donors (Lipinski definition) is 4. The van der Waals surface area contributed by atoms with E-state index in [4.69, 9.17) is 10.1 Å². The van der Waals surface area contributed by atoms with Gasteiger partial charge in [0.25, 0.3) is 5.91 Å². The predicted octanol–water partition coefficient (Wildman–Crippen LogP) is 1.53. The van der Waals surface area contributed by atoms with E-state index in [1.165, 1.54) is 6.21 Å². The first-order valence-corrected chi connectivity index (χ1v) is 11.1. The fourth-order valence-corrected chi connectivity index (χ4v) is 3.56. The van der Waals surface area contributed by atoms with Crippen LogP contribution in [0.5, 0.6) is 0 Å². The highest BCUT2D eigenvalue weighted by atomic mass is 16.5. The molecule has 0 aliphatic carbocycles. The zero-order chi connectivity index (χ0) is 24.7. The summed E-state index contributed by atoms with van der Waals surface area (Å²) in [6, 6.07) is 3.57. The zero-order valence-corrected chi connectivity index (χ0v) is 19.8. The van der Waals surface area contributed by atoms with Gasteiger partial charge in [0.1, 0.15) is 12.1 Å². The van der Waals surface area contributed by atoms with Crippen molar-refractivity contribution in [1.29, 1.82) is 5.41 Å². The lowest BCUT2D eigenvalue weighted by atomic mass is 10.00. The highest BCUT2D eigenvalue weighted by Crippen LogP contribution is 2.32. The molecule has 0 aromatic heterocycles. The van der Waals surface area contributed by atoms with Crippen molar-refractivity contribution in [2.24, 2.45) is 4.99 Å². The molecule has 1 amide bonds. The van der Waals surface area contributed by atoms with Crippen LogP contribution >= 0.6 is 0 Å². The number of hydrogen-bond acceptors (Lipinski definition) is 9. The molecule has 3 rings (SSSR count). The molecule has 10 heteroatoms. The summed E-state index contributed by atoms with van der Waals surface area (Å²) in [5, 5.41) is 23.3. The quantitative estimate of drug-likeness (QED) is 0.246. The number of aliphatic imine (C=N–C) groups is 1. The number of aldehydes is 1. The maximum atomic E-state index is 13.2. The molecule has 0 unspecified atom stereocenters. The van der Waals surface area contributed by atoms with Crippen molar-refractivity contribution < 1.29 is 19.4 Å². The van der Waals surface area contributed by atoms with Crippen molar-refractivity contribution in [2.45, 2.75) is 25.9 Å². The lowest BCUT2D eigenvalue weighted by Crippen LogP contribution is -2.43. The molecule has 0 bridgehead atoms. The summed E-state index contributed by atoms with van der Waals surface area (Å²) in [7, 11) is 1.87. The van der Waals surface area contributed by atoms with Gasteiger partial charge in [-0.15, -0.1) is 0 Å². The molecule has 0 saturated carbocycles. The Morgan fingerprint density at radius 1 is 1.38 bits per heavy atom. The van der Waals surface area contributed by atoms with E-state index in [0.717, 1.165) is 12.5 Å². The number of benzene rings is 1. The number of anilines is 2. The maximum absolute atomic E-state index is 13.2. The number of carbonyl (C=O) groups is 2. The highest BCUT2D eigenvalue weighted by Gasteiger charge is 2.25. The van der Waals surface area contributed by atoms with E-state index < -0.39 is 11.4 Å². The summed E-state index contributed by atoms with van der Waals surface area (Å²) >= 11 is 0. The van der Waals surface area contributed by atoms with Gasteiger partial charge in [-0.25, -0.2) is 4.99 Å². The Morgan fingerprint density at radius 2 is 2.12 bits per heavy atom. The lowest BCUT2D eigenvalue weighted by Gasteiger charge is -2.35. The summed E-state index contributed by atoms with van der Waals surface area (Å²) in [6.45, 7) is 6.48. The smallest absolute Gasteiger partial charge is 0.261 e. The molecular formula is C24H32N6O4. The number of amides is 1. The minimum absolute atomic E-state index is 0.0480. The minimum atomic E-state index is -0.498. The van der Waals surface area contributed by atoms with E-state index in [9.17, 15) is 14.7 Å². The zero-order valence-electron chi connectivity index (χ0n) is 19.8. The van der Waals surface area contributed by atoms with Gasteiger partial charge in [0.2, 0.25) is 0 Å². The minimum Gasteiger partial charge on any atom is -0.394 e. The largest absolute Gasteiger partial charge is 0.394 e. The fourth-order valence-electron chi connectivity index (χ4n) is 3.56. The number of carbonyl (C=O) groups excluding carboxylic acids is 2. The van der Waals surface area contributed by atoms with Crippen molar-refractivity contribution in [2.75, 3.05) is 50.2 Å². The summed E-state index contributed by atoms with van der Waals surface area (Å²) in [5.41, 5.74) is 2.04. The average Bonchev–Trinajstić information content (AvgIpc) is 2.85. The molecule has 10 nitrogen and oxygen atoms in total. The Hall–Kier alpha value is -3.34. The highest BCUT2D eigenvalue weighted by molar-refractivity contribution is 6.18.